The number of carbonyl (C=O) groups excluding carboxylic acids is 1. The van der Waals surface area contributed by atoms with Gasteiger partial charge in [0.05, 0.1) is 56.1 Å². The van der Waals surface area contributed by atoms with Gasteiger partial charge in [-0.2, -0.15) is 0 Å². The number of ether oxygens (including phenoxy) is 2. The van der Waals surface area contributed by atoms with Gasteiger partial charge in [0.25, 0.3) is 0 Å². The molecule has 0 atom stereocenters. The van der Waals surface area contributed by atoms with Crippen LogP contribution in [0.5, 0.6) is 23.0 Å². The fourth-order valence-corrected chi connectivity index (χ4v) is 12.1. The standard InChI is InChI=1S/C20H8Br4O5.C16H18N3S.C12H9N3S.2ClH.2Na/c21-11-5-9-17(13(23)15(11)25)28-18-10(6-12(22)16(26)14(18)24)20(9)8-4-2-1-3-7(8)19(27)29-20;1-18(2)11-5-7-13-15(9-11)20-16-10-12(19(3)4)6-8-14(16)17-13;13-7-1-3-9-11(5-7)16-12-6-8(14)2-4-10(12)15-9;;;;/h1-6,25-26H;5-10H,1-4H3;1-6,13H,14H2;2*1H;;/q;+1;;;;2*+1/p-3. The van der Waals surface area contributed by atoms with E-state index in [1.807, 2.05) is 36.4 Å². The second kappa shape index (κ2) is 22.9. The summed E-state index contributed by atoms with van der Waals surface area (Å²) in [5.41, 5.74) is 12.3. The van der Waals surface area contributed by atoms with Crippen molar-refractivity contribution in [3.63, 3.8) is 0 Å². The molecule has 6 aliphatic rings. The molecule has 11 nitrogen and oxygen atoms in total. The predicted octanol–water partition coefficient (Wildman–Crippen LogP) is -3.39. The Morgan fingerprint density at radius 3 is 1.81 bits per heavy atom. The number of hydrogen-bond donors (Lipinski definition) is 2. The molecule has 11 rings (SSSR count). The minimum Gasteiger partial charge on any atom is -1.00 e. The first-order valence-corrected chi connectivity index (χ1v) is 24.4. The second-order valence-corrected chi connectivity index (χ2v) is 20.9. The number of anilines is 2. The van der Waals surface area contributed by atoms with E-state index >= 15 is 0 Å². The van der Waals surface area contributed by atoms with Crippen LogP contribution in [0.2, 0.25) is 0 Å². The summed E-state index contributed by atoms with van der Waals surface area (Å²) >= 11 is 16.6. The summed E-state index contributed by atoms with van der Waals surface area (Å²) in [6, 6.07) is 34.5. The molecule has 1 spiro atoms. The second-order valence-electron chi connectivity index (χ2n) is 15.4. The Kier molecular flexibility index (Phi) is 19.0. The Labute approximate surface area is 494 Å². The number of halogens is 6. The minimum absolute atomic E-state index is 0. The number of rotatable bonds is 1. The van der Waals surface area contributed by atoms with Gasteiger partial charge in [-0.05, 0) is 98.6 Å². The van der Waals surface area contributed by atoms with E-state index < -0.39 is 11.6 Å². The van der Waals surface area contributed by atoms with Crippen LogP contribution < -0.4 is 130 Å². The number of carbonyl (C=O) groups is 1. The molecule has 0 aromatic heterocycles. The Morgan fingerprint density at radius 2 is 1.23 bits per heavy atom. The van der Waals surface area contributed by atoms with Crippen LogP contribution in [0.1, 0.15) is 27.0 Å². The van der Waals surface area contributed by atoms with Gasteiger partial charge in [-0.1, -0.05) is 61.6 Å². The van der Waals surface area contributed by atoms with Gasteiger partial charge in [0.1, 0.15) is 25.6 Å². The third kappa shape index (κ3) is 10.8. The van der Waals surface area contributed by atoms with Crippen molar-refractivity contribution in [2.45, 2.75) is 5.60 Å². The van der Waals surface area contributed by atoms with E-state index in [0.29, 0.717) is 22.3 Å². The van der Waals surface area contributed by atoms with Crippen molar-refractivity contribution in [2.75, 3.05) is 38.8 Å². The number of fused-ring (bicyclic) bond motifs is 10. The molecule has 342 valence electrons. The zero-order valence-electron chi connectivity index (χ0n) is 37.5. The summed E-state index contributed by atoms with van der Waals surface area (Å²) in [5.74, 6) is -0.766. The molecule has 0 saturated carbocycles. The molecule has 2 aliphatic carbocycles. The molecule has 0 fully saturated rings. The SMILES string of the molecule is CN(C)c1ccc2nc3ccc(=[N+](C)C)cc-3sc2c1.Nc1ccc2nc3ccc(=[NH2+])cc-3sc2c1.O=C1OC2(c3ccccc31)c1cc(Br)c([O-])c(Br)c1Oc1c2cc(Br)c([O-])c1Br.[Cl-].[Cl-].[Na+].[Na+]. The summed E-state index contributed by atoms with van der Waals surface area (Å²) in [4.78, 5) is 26.5. The van der Waals surface area contributed by atoms with Gasteiger partial charge < -0.3 is 55.1 Å². The molecule has 5 aromatic rings. The van der Waals surface area contributed by atoms with Gasteiger partial charge in [0, 0.05) is 75.4 Å². The average molecular weight is 1280 g/mol. The number of esters is 1. The van der Waals surface area contributed by atoms with Gasteiger partial charge >= 0.3 is 65.1 Å². The third-order valence-electron chi connectivity index (χ3n) is 10.8. The maximum absolute atomic E-state index is 12.8. The summed E-state index contributed by atoms with van der Waals surface area (Å²) in [5, 5.41) is 32.7. The number of nitrogen functional groups attached to an aromatic ring is 1. The summed E-state index contributed by atoms with van der Waals surface area (Å²) in [6.07, 6.45) is 0. The van der Waals surface area contributed by atoms with Gasteiger partial charge in [0.15, 0.2) is 11.0 Å². The van der Waals surface area contributed by atoms with Crippen LogP contribution in [0.3, 0.4) is 0 Å². The van der Waals surface area contributed by atoms with Crippen molar-refractivity contribution >= 4 is 124 Å². The topological polar surface area (TPSA) is 165 Å². The molecule has 5 aromatic carbocycles. The molecule has 0 bridgehead atoms. The molecular weight excluding hydrogens is 1240 g/mol. The van der Waals surface area contributed by atoms with Crippen LogP contribution in [0, 0.1) is 0 Å². The monoisotopic (exact) mass is 1270 g/mol. The zero-order valence-corrected chi connectivity index (χ0v) is 51.0. The predicted molar refractivity (Wildman–Crippen MR) is 268 cm³/mol. The van der Waals surface area contributed by atoms with E-state index in [1.54, 1.807) is 59.1 Å². The summed E-state index contributed by atoms with van der Waals surface area (Å²) < 4.78 is 17.3. The van der Waals surface area contributed by atoms with E-state index in [2.05, 4.69) is 143 Å². The largest absolute Gasteiger partial charge is 1.00 e. The fraction of sp³-hybridized carbons (Fsp3) is 0.104. The molecule has 0 saturated heterocycles. The minimum atomic E-state index is -1.38. The van der Waals surface area contributed by atoms with Crippen molar-refractivity contribution in [2.24, 2.45) is 0 Å². The van der Waals surface area contributed by atoms with Gasteiger partial charge in [-0.25, -0.2) is 19.3 Å². The normalized spacial score (nSPS) is 12.2. The molecule has 69 heavy (non-hydrogen) atoms. The van der Waals surface area contributed by atoms with Crippen LogP contribution >= 0.6 is 86.4 Å². The Balaban J connectivity index is 0.000000196. The fourth-order valence-electron chi connectivity index (χ4n) is 7.57. The van der Waals surface area contributed by atoms with Gasteiger partial charge in [-0.15, -0.1) is 22.7 Å². The summed E-state index contributed by atoms with van der Waals surface area (Å²) in [6.45, 7) is 0. The van der Waals surface area contributed by atoms with Gasteiger partial charge in [-0.3, -0.25) is 5.41 Å². The zero-order chi connectivity index (χ0) is 46.1. The molecule has 0 amide bonds. The third-order valence-corrected chi connectivity index (χ3v) is 15.6. The first kappa shape index (κ1) is 57.1. The molecule has 4 heterocycles. The molecule has 4 N–H and O–H groups in total. The van der Waals surface area contributed by atoms with Crippen LogP contribution in [0.4, 0.5) is 11.4 Å². The number of nitrogens with zero attached hydrogens (tertiary/aromatic N) is 4. The number of nitrogens with two attached hydrogens (primary N) is 2. The number of benzene rings is 7. The van der Waals surface area contributed by atoms with E-state index in [1.165, 1.54) is 20.6 Å². The van der Waals surface area contributed by atoms with Crippen LogP contribution in [0.15, 0.2) is 127 Å². The molecule has 0 unspecified atom stereocenters. The quantitative estimate of drug-likeness (QED) is 0.0562. The van der Waals surface area contributed by atoms with Crippen LogP contribution in [0.25, 0.3) is 41.6 Å². The van der Waals surface area contributed by atoms with E-state index in [9.17, 15) is 15.0 Å². The molecule has 4 aliphatic heterocycles. The van der Waals surface area contributed by atoms with E-state index in [-0.39, 0.29) is 125 Å². The van der Waals surface area contributed by atoms with Gasteiger partial charge in [0.2, 0.25) is 5.36 Å². The van der Waals surface area contributed by atoms with Crippen LogP contribution in [-0.4, -0.2) is 44.1 Å². The molecular formula is C48H34Br4Cl2N6Na2O5S2. The van der Waals surface area contributed by atoms with Crippen molar-refractivity contribution in [3.05, 3.63) is 160 Å². The van der Waals surface area contributed by atoms with Crippen molar-refractivity contribution in [1.29, 1.82) is 0 Å². The average Bonchev–Trinajstić information content (AvgIpc) is 3.58. The first-order chi connectivity index (χ1) is 31.0. The number of aromatic nitrogens is 2. The van der Waals surface area contributed by atoms with E-state index in [0.717, 1.165) is 43.0 Å². The Morgan fingerprint density at radius 1 is 0.696 bits per heavy atom. The van der Waals surface area contributed by atoms with E-state index in [4.69, 9.17) is 25.6 Å². The number of hydrogen-bond acceptors (Lipinski definition) is 11. The van der Waals surface area contributed by atoms with Crippen molar-refractivity contribution < 1.29 is 114 Å². The van der Waals surface area contributed by atoms with Crippen molar-refractivity contribution in [1.82, 2.24) is 14.5 Å². The maximum atomic E-state index is 12.8. The maximum Gasteiger partial charge on any atom is 1.00 e. The Hall–Kier alpha value is -2.85. The smallest absolute Gasteiger partial charge is 1.00 e. The Bertz CT molecular complexity index is 3470. The summed E-state index contributed by atoms with van der Waals surface area (Å²) in [7, 11) is 8.24. The van der Waals surface area contributed by atoms with Crippen molar-refractivity contribution in [3.8, 4) is 44.1 Å². The first-order valence-electron chi connectivity index (χ1n) is 19.6. The molecule has 0 radical (unpaired) electrons. The molecule has 21 heteroatoms. The van der Waals surface area contributed by atoms with Crippen LogP contribution in [-0.2, 0) is 10.3 Å².